The minimum Gasteiger partial charge on any atom is -0.336 e. The average Bonchev–Trinajstić information content (AvgIpc) is 2.51. The number of aromatic nitrogens is 1. The number of rotatable bonds is 1. The van der Waals surface area contributed by atoms with Gasteiger partial charge in [-0.25, -0.2) is 9.37 Å². The molecule has 124 valence electrons. The summed E-state index contributed by atoms with van der Waals surface area (Å²) in [5.41, 5.74) is 2.19. The molecule has 0 atom stereocenters. The quantitative estimate of drug-likeness (QED) is 0.748. The summed E-state index contributed by atoms with van der Waals surface area (Å²) in [5.74, 6) is 5.41. The third-order valence-corrected chi connectivity index (χ3v) is 3.77. The lowest BCUT2D eigenvalue weighted by Crippen LogP contribution is -2.43. The van der Waals surface area contributed by atoms with Crippen molar-refractivity contribution in [1.29, 1.82) is 0 Å². The van der Waals surface area contributed by atoms with Gasteiger partial charge in [-0.05, 0) is 57.5 Å². The van der Waals surface area contributed by atoms with Crippen LogP contribution in [-0.4, -0.2) is 28.4 Å². The molecule has 0 aliphatic heterocycles. The van der Waals surface area contributed by atoms with Gasteiger partial charge in [-0.15, -0.1) is 0 Å². The number of aryl methyl sites for hydroxylation is 1. The first kappa shape index (κ1) is 17.7. The van der Waals surface area contributed by atoms with Crippen molar-refractivity contribution in [3.8, 4) is 11.8 Å². The lowest BCUT2D eigenvalue weighted by atomic mass is 10.0. The van der Waals surface area contributed by atoms with E-state index in [1.807, 2.05) is 33.8 Å². The van der Waals surface area contributed by atoms with Crippen molar-refractivity contribution in [2.75, 3.05) is 7.05 Å². The molecule has 1 amide bonds. The van der Waals surface area contributed by atoms with Crippen molar-refractivity contribution < 1.29 is 9.18 Å². The van der Waals surface area contributed by atoms with Crippen molar-refractivity contribution in [3.63, 3.8) is 0 Å². The Bertz CT molecular complexity index is 826. The summed E-state index contributed by atoms with van der Waals surface area (Å²) >= 11 is 0. The van der Waals surface area contributed by atoms with Gasteiger partial charge < -0.3 is 4.90 Å². The Labute approximate surface area is 142 Å². The Balaban J connectivity index is 2.26. The first-order valence-corrected chi connectivity index (χ1v) is 7.71. The van der Waals surface area contributed by atoms with E-state index in [0.717, 1.165) is 5.56 Å². The lowest BCUT2D eigenvalue weighted by molar-refractivity contribution is 0.0649. The van der Waals surface area contributed by atoms with Crippen LogP contribution in [0, 0.1) is 24.6 Å². The molecule has 0 radical (unpaired) electrons. The molecule has 1 aromatic carbocycles. The van der Waals surface area contributed by atoms with E-state index in [2.05, 4.69) is 16.8 Å². The van der Waals surface area contributed by atoms with Gasteiger partial charge in [0, 0.05) is 29.9 Å². The molecule has 2 rings (SSSR count). The fourth-order valence-corrected chi connectivity index (χ4v) is 2.04. The minimum absolute atomic E-state index is 0.121. The number of carbonyl (C=O) groups excluding carboxylic acids is 1. The fraction of sp³-hybridized carbons (Fsp3) is 0.300. The molecule has 1 aromatic heterocycles. The number of pyridine rings is 1. The summed E-state index contributed by atoms with van der Waals surface area (Å²) in [7, 11) is 1.76. The van der Waals surface area contributed by atoms with Crippen LogP contribution in [0.1, 0.15) is 48.0 Å². The molecule has 24 heavy (non-hydrogen) atoms. The molecule has 4 heteroatoms. The second kappa shape index (κ2) is 6.84. The van der Waals surface area contributed by atoms with Crippen molar-refractivity contribution in [3.05, 3.63) is 64.7 Å². The summed E-state index contributed by atoms with van der Waals surface area (Å²) < 4.78 is 13.1. The molecule has 2 aromatic rings. The van der Waals surface area contributed by atoms with Crippen LogP contribution < -0.4 is 0 Å². The number of hydrogen-bond acceptors (Lipinski definition) is 2. The molecule has 0 N–H and O–H groups in total. The molecule has 0 aliphatic rings. The van der Waals surface area contributed by atoms with Crippen LogP contribution in [0.25, 0.3) is 0 Å². The molecule has 0 saturated carbocycles. The van der Waals surface area contributed by atoms with Gasteiger partial charge in [0.05, 0.1) is 0 Å². The minimum atomic E-state index is -0.317. The van der Waals surface area contributed by atoms with Gasteiger partial charge in [0.25, 0.3) is 5.91 Å². The zero-order chi connectivity index (χ0) is 17.9. The van der Waals surface area contributed by atoms with Crippen LogP contribution in [0.5, 0.6) is 0 Å². The largest absolute Gasteiger partial charge is 0.336 e. The highest BCUT2D eigenvalue weighted by atomic mass is 19.1. The summed E-state index contributed by atoms with van der Waals surface area (Å²) in [6.07, 6.45) is 1.57. The maximum atomic E-state index is 13.1. The van der Waals surface area contributed by atoms with Gasteiger partial charge >= 0.3 is 0 Å². The number of hydrogen-bond donors (Lipinski definition) is 0. The predicted molar refractivity (Wildman–Crippen MR) is 93.2 cm³/mol. The van der Waals surface area contributed by atoms with Crippen LogP contribution in [-0.2, 0) is 0 Å². The SMILES string of the molecule is Cc1cc(C#Cc2cccc(F)c2)cnc1C(=O)N(C)C(C)(C)C. The van der Waals surface area contributed by atoms with Gasteiger partial charge in [0.2, 0.25) is 0 Å². The molecule has 0 saturated heterocycles. The van der Waals surface area contributed by atoms with Gasteiger partial charge in [0.15, 0.2) is 0 Å². The Morgan fingerprint density at radius 1 is 1.17 bits per heavy atom. The predicted octanol–water partition coefficient (Wildman–Crippen LogP) is 3.80. The van der Waals surface area contributed by atoms with Gasteiger partial charge in [-0.1, -0.05) is 17.9 Å². The molecule has 0 bridgehead atoms. The topological polar surface area (TPSA) is 33.2 Å². The van der Waals surface area contributed by atoms with E-state index < -0.39 is 0 Å². The van der Waals surface area contributed by atoms with Crippen LogP contribution in [0.3, 0.4) is 0 Å². The molecule has 1 heterocycles. The smallest absolute Gasteiger partial charge is 0.272 e. The average molecular weight is 324 g/mol. The Kier molecular flexibility index (Phi) is 5.04. The molecular formula is C20H21FN2O. The molecule has 0 aliphatic carbocycles. The summed E-state index contributed by atoms with van der Waals surface area (Å²) in [6.45, 7) is 7.75. The zero-order valence-electron chi connectivity index (χ0n) is 14.6. The van der Waals surface area contributed by atoms with E-state index >= 15 is 0 Å². The molecule has 0 spiro atoms. The number of nitrogens with zero attached hydrogens (tertiary/aromatic N) is 2. The number of amides is 1. The third-order valence-electron chi connectivity index (χ3n) is 3.77. The van der Waals surface area contributed by atoms with Crippen LogP contribution >= 0.6 is 0 Å². The lowest BCUT2D eigenvalue weighted by Gasteiger charge is -2.32. The normalized spacial score (nSPS) is 10.8. The van der Waals surface area contributed by atoms with Crippen LogP contribution in [0.15, 0.2) is 36.5 Å². The van der Waals surface area contributed by atoms with E-state index in [0.29, 0.717) is 16.8 Å². The zero-order valence-corrected chi connectivity index (χ0v) is 14.6. The van der Waals surface area contributed by atoms with Gasteiger partial charge in [-0.3, -0.25) is 4.79 Å². The molecular weight excluding hydrogens is 303 g/mol. The first-order valence-electron chi connectivity index (χ1n) is 7.71. The van der Waals surface area contributed by atoms with Crippen molar-refractivity contribution in [1.82, 2.24) is 9.88 Å². The van der Waals surface area contributed by atoms with Gasteiger partial charge in [-0.2, -0.15) is 0 Å². The highest BCUT2D eigenvalue weighted by molar-refractivity contribution is 5.94. The maximum Gasteiger partial charge on any atom is 0.272 e. The maximum absolute atomic E-state index is 13.1. The second-order valence-electron chi connectivity index (χ2n) is 6.68. The van der Waals surface area contributed by atoms with Crippen molar-refractivity contribution in [2.45, 2.75) is 33.2 Å². The third kappa shape index (κ3) is 4.20. The van der Waals surface area contributed by atoms with Gasteiger partial charge in [0.1, 0.15) is 11.5 Å². The highest BCUT2D eigenvalue weighted by Gasteiger charge is 2.25. The monoisotopic (exact) mass is 324 g/mol. The number of halogens is 1. The number of carbonyl (C=O) groups is 1. The molecule has 3 nitrogen and oxygen atoms in total. The summed E-state index contributed by atoms with van der Waals surface area (Å²) in [5, 5.41) is 0. The fourth-order valence-electron chi connectivity index (χ4n) is 2.04. The summed E-state index contributed by atoms with van der Waals surface area (Å²) in [6, 6.07) is 7.94. The highest BCUT2D eigenvalue weighted by Crippen LogP contribution is 2.16. The first-order chi connectivity index (χ1) is 11.2. The van der Waals surface area contributed by atoms with Crippen LogP contribution in [0.4, 0.5) is 4.39 Å². The van der Waals surface area contributed by atoms with E-state index in [4.69, 9.17) is 0 Å². The van der Waals surface area contributed by atoms with E-state index in [1.54, 1.807) is 30.3 Å². The Morgan fingerprint density at radius 2 is 1.83 bits per heavy atom. The van der Waals surface area contributed by atoms with E-state index in [9.17, 15) is 9.18 Å². The standard InChI is InChI=1S/C20H21FN2O/c1-14-11-16(10-9-15-7-6-8-17(21)12-15)13-22-18(14)19(24)23(5)20(2,3)4/h6-8,11-13H,1-5H3. The Morgan fingerprint density at radius 3 is 2.42 bits per heavy atom. The Hall–Kier alpha value is -2.67. The van der Waals surface area contributed by atoms with E-state index in [1.165, 1.54) is 12.1 Å². The van der Waals surface area contributed by atoms with Crippen molar-refractivity contribution in [2.24, 2.45) is 0 Å². The second-order valence-corrected chi connectivity index (χ2v) is 6.68. The molecule has 0 unspecified atom stereocenters. The van der Waals surface area contributed by atoms with Crippen molar-refractivity contribution >= 4 is 5.91 Å². The summed E-state index contributed by atoms with van der Waals surface area (Å²) in [4.78, 5) is 18.5. The van der Waals surface area contributed by atoms with Crippen LogP contribution in [0.2, 0.25) is 0 Å². The number of benzene rings is 1. The van der Waals surface area contributed by atoms with E-state index in [-0.39, 0.29) is 17.3 Å². The molecule has 0 fully saturated rings.